The summed E-state index contributed by atoms with van der Waals surface area (Å²) in [5.74, 6) is 0.196. The molecule has 0 aromatic heterocycles. The molecule has 2 aromatic rings. The number of hydrogen-bond donors (Lipinski definition) is 2. The van der Waals surface area contributed by atoms with Crippen LogP contribution in [0.1, 0.15) is 26.3 Å². The molecule has 0 saturated carbocycles. The zero-order valence-corrected chi connectivity index (χ0v) is 11.6. The first-order valence-corrected chi connectivity index (χ1v) is 5.04. The predicted molar refractivity (Wildman–Crippen MR) is 80.3 cm³/mol. The summed E-state index contributed by atoms with van der Waals surface area (Å²) in [7, 11) is 0. The van der Waals surface area contributed by atoms with Crippen LogP contribution in [0.15, 0.2) is 30.3 Å². The van der Waals surface area contributed by atoms with Gasteiger partial charge >= 0.3 is 11.9 Å². The Hall–Kier alpha value is -2.22. The summed E-state index contributed by atoms with van der Waals surface area (Å²) in [4.78, 5) is 21.8. The first kappa shape index (κ1) is 17.8. The number of hydrogen-bond acceptors (Lipinski definition) is 2. The van der Waals surface area contributed by atoms with Crippen LogP contribution >= 0.6 is 24.8 Å². The molecule has 0 aliphatic rings. The summed E-state index contributed by atoms with van der Waals surface area (Å²) >= 11 is 0. The van der Waals surface area contributed by atoms with Crippen LogP contribution < -0.4 is 0 Å². The summed E-state index contributed by atoms with van der Waals surface area (Å²) in [6, 6.07) is 7.32. The third-order valence-corrected chi connectivity index (χ3v) is 2.64. The Morgan fingerprint density at radius 2 is 1.65 bits per heavy atom. The molecule has 0 bridgehead atoms. The maximum absolute atomic E-state index is 11.0. The molecule has 2 aromatic carbocycles. The third-order valence-electron chi connectivity index (χ3n) is 2.64. The zero-order chi connectivity index (χ0) is 13.3. The van der Waals surface area contributed by atoms with Gasteiger partial charge in [-0.25, -0.2) is 9.59 Å². The largest absolute Gasteiger partial charge is 0.478 e. The Bertz CT molecular complexity index is 717. The summed E-state index contributed by atoms with van der Waals surface area (Å²) < 4.78 is 0. The molecule has 0 heterocycles. The van der Waals surface area contributed by atoms with E-state index in [1.807, 2.05) is 0 Å². The van der Waals surface area contributed by atoms with Gasteiger partial charge in [-0.2, -0.15) is 0 Å². The molecule has 2 rings (SSSR count). The molecule has 104 valence electrons. The van der Waals surface area contributed by atoms with E-state index in [0.29, 0.717) is 10.8 Å². The quantitative estimate of drug-likeness (QED) is 0.836. The standard InChI is InChI=1S/C14H8O4.2ClH/c1-2-10-11-5-4-9(13(15)16)7-8(11)3-6-12(10)14(17)18;;/h1,3-7H,(H,15,16)(H,17,18);2*1H. The van der Waals surface area contributed by atoms with Crippen molar-refractivity contribution in [1.82, 2.24) is 0 Å². The second-order valence-corrected chi connectivity index (χ2v) is 3.68. The fourth-order valence-corrected chi connectivity index (χ4v) is 1.80. The molecule has 2 N–H and O–H groups in total. The SMILES string of the molecule is C#Cc1c(C(=O)O)ccc2cc(C(=O)O)ccc12.Cl.Cl. The van der Waals surface area contributed by atoms with Gasteiger partial charge in [0.05, 0.1) is 11.1 Å². The first-order valence-electron chi connectivity index (χ1n) is 5.04. The van der Waals surface area contributed by atoms with Crippen molar-refractivity contribution in [3.05, 3.63) is 47.0 Å². The summed E-state index contributed by atoms with van der Waals surface area (Å²) in [6.07, 6.45) is 5.32. The van der Waals surface area contributed by atoms with Crippen LogP contribution in [0.3, 0.4) is 0 Å². The lowest BCUT2D eigenvalue weighted by Gasteiger charge is -2.06. The van der Waals surface area contributed by atoms with E-state index in [4.69, 9.17) is 16.6 Å². The second-order valence-electron chi connectivity index (χ2n) is 3.68. The average Bonchev–Trinajstić information content (AvgIpc) is 2.36. The van der Waals surface area contributed by atoms with Crippen molar-refractivity contribution in [1.29, 1.82) is 0 Å². The molecule has 0 atom stereocenters. The van der Waals surface area contributed by atoms with Crippen molar-refractivity contribution in [2.75, 3.05) is 0 Å². The van der Waals surface area contributed by atoms with Crippen LogP contribution in [0, 0.1) is 12.3 Å². The average molecular weight is 313 g/mol. The number of aromatic carboxylic acids is 2. The highest BCUT2D eigenvalue weighted by Gasteiger charge is 2.13. The Kier molecular flexibility index (Phi) is 6.05. The topological polar surface area (TPSA) is 74.6 Å². The zero-order valence-electron chi connectivity index (χ0n) is 9.99. The van der Waals surface area contributed by atoms with Gasteiger partial charge in [0, 0.05) is 5.56 Å². The van der Waals surface area contributed by atoms with E-state index in [2.05, 4.69) is 5.92 Å². The Balaban J connectivity index is 0.00000180. The van der Waals surface area contributed by atoms with Gasteiger partial charge in [-0.1, -0.05) is 18.1 Å². The van der Waals surface area contributed by atoms with E-state index in [1.54, 1.807) is 6.07 Å². The van der Waals surface area contributed by atoms with Crippen molar-refractivity contribution in [2.24, 2.45) is 0 Å². The van der Waals surface area contributed by atoms with E-state index in [-0.39, 0.29) is 41.5 Å². The fraction of sp³-hybridized carbons (Fsp3) is 0. The first-order chi connectivity index (χ1) is 8.54. The van der Waals surface area contributed by atoms with Crippen molar-refractivity contribution >= 4 is 47.5 Å². The van der Waals surface area contributed by atoms with Gasteiger partial charge in [0.15, 0.2) is 0 Å². The highest BCUT2D eigenvalue weighted by atomic mass is 35.5. The van der Waals surface area contributed by atoms with Crippen molar-refractivity contribution in [2.45, 2.75) is 0 Å². The molecule has 0 fully saturated rings. The molecule has 0 amide bonds. The highest BCUT2D eigenvalue weighted by molar-refractivity contribution is 6.02. The number of carboxylic acids is 2. The molecule has 0 saturated heterocycles. The third kappa shape index (κ3) is 3.02. The molecule has 4 nitrogen and oxygen atoms in total. The van der Waals surface area contributed by atoms with Crippen LogP contribution in [-0.4, -0.2) is 22.2 Å². The van der Waals surface area contributed by atoms with Crippen LogP contribution in [-0.2, 0) is 0 Å². The number of halogens is 2. The molecule has 0 aliphatic heterocycles. The van der Waals surface area contributed by atoms with Gasteiger partial charge in [0.25, 0.3) is 0 Å². The highest BCUT2D eigenvalue weighted by Crippen LogP contribution is 2.23. The van der Waals surface area contributed by atoms with Gasteiger partial charge < -0.3 is 10.2 Å². The molecule has 20 heavy (non-hydrogen) atoms. The minimum Gasteiger partial charge on any atom is -0.478 e. The summed E-state index contributed by atoms with van der Waals surface area (Å²) in [5, 5.41) is 19.1. The molecule has 0 radical (unpaired) electrons. The van der Waals surface area contributed by atoms with E-state index in [0.717, 1.165) is 0 Å². The lowest BCUT2D eigenvalue weighted by Crippen LogP contribution is -2.01. The lowest BCUT2D eigenvalue weighted by molar-refractivity contribution is 0.0685. The molecular formula is C14H10Cl2O4. The maximum Gasteiger partial charge on any atom is 0.336 e. The van der Waals surface area contributed by atoms with Crippen molar-refractivity contribution < 1.29 is 19.8 Å². The van der Waals surface area contributed by atoms with E-state index >= 15 is 0 Å². The maximum atomic E-state index is 11.0. The van der Waals surface area contributed by atoms with Crippen LogP contribution in [0.25, 0.3) is 10.8 Å². The second kappa shape index (κ2) is 6.80. The summed E-state index contributed by atoms with van der Waals surface area (Å²) in [6.45, 7) is 0. The minimum absolute atomic E-state index is 0. The fourth-order valence-electron chi connectivity index (χ4n) is 1.80. The Labute approximate surface area is 127 Å². The van der Waals surface area contributed by atoms with Gasteiger partial charge in [-0.3, -0.25) is 0 Å². The van der Waals surface area contributed by atoms with Crippen LogP contribution in [0.2, 0.25) is 0 Å². The summed E-state index contributed by atoms with van der Waals surface area (Å²) in [5.41, 5.74) is 0.429. The molecule has 0 spiro atoms. The molecule has 6 heteroatoms. The van der Waals surface area contributed by atoms with E-state index < -0.39 is 11.9 Å². The number of terminal acetylenes is 1. The monoisotopic (exact) mass is 312 g/mol. The van der Waals surface area contributed by atoms with E-state index in [9.17, 15) is 9.59 Å². The van der Waals surface area contributed by atoms with Crippen molar-refractivity contribution in [3.63, 3.8) is 0 Å². The van der Waals surface area contributed by atoms with Crippen LogP contribution in [0.5, 0.6) is 0 Å². The number of carbonyl (C=O) groups is 2. The number of benzene rings is 2. The van der Waals surface area contributed by atoms with Crippen molar-refractivity contribution in [3.8, 4) is 12.3 Å². The Morgan fingerprint density at radius 1 is 1.00 bits per heavy atom. The Morgan fingerprint density at radius 3 is 2.15 bits per heavy atom. The smallest absolute Gasteiger partial charge is 0.336 e. The molecule has 0 unspecified atom stereocenters. The number of fused-ring (bicyclic) bond motifs is 1. The molecular weight excluding hydrogens is 303 g/mol. The normalized spacial score (nSPS) is 8.95. The molecule has 0 aliphatic carbocycles. The van der Waals surface area contributed by atoms with Gasteiger partial charge in [0.1, 0.15) is 0 Å². The van der Waals surface area contributed by atoms with E-state index in [1.165, 1.54) is 24.3 Å². The lowest BCUT2D eigenvalue weighted by atomic mass is 9.98. The minimum atomic E-state index is -1.10. The number of carboxylic acid groups (broad SMARTS) is 2. The van der Waals surface area contributed by atoms with Gasteiger partial charge in [-0.15, -0.1) is 31.2 Å². The predicted octanol–water partition coefficient (Wildman–Crippen LogP) is 3.06. The van der Waals surface area contributed by atoms with Gasteiger partial charge in [0.2, 0.25) is 0 Å². The number of rotatable bonds is 2. The van der Waals surface area contributed by atoms with Gasteiger partial charge in [-0.05, 0) is 29.0 Å². The van der Waals surface area contributed by atoms with Crippen LogP contribution in [0.4, 0.5) is 0 Å².